The number of hydrogen-bond acceptors (Lipinski definition) is 5. The molecule has 2 N–H and O–H groups in total. The normalized spacial score (nSPS) is 11.6. The molecule has 0 bridgehead atoms. The molecule has 25 heavy (non-hydrogen) atoms. The molecule has 1 heterocycles. The summed E-state index contributed by atoms with van der Waals surface area (Å²) in [5, 5.41) is 6.11. The zero-order chi connectivity index (χ0) is 18.4. The maximum atomic E-state index is 12.8. The first-order valence-corrected chi connectivity index (χ1v) is 7.92. The van der Waals surface area contributed by atoms with Gasteiger partial charge in [-0.3, -0.25) is 0 Å². The lowest BCUT2D eigenvalue weighted by Gasteiger charge is -2.13. The van der Waals surface area contributed by atoms with E-state index in [-0.39, 0.29) is 0 Å². The molecule has 2 rings (SSSR count). The second-order valence-electron chi connectivity index (χ2n) is 5.97. The van der Waals surface area contributed by atoms with Crippen LogP contribution >= 0.6 is 0 Å². The fourth-order valence-electron chi connectivity index (χ4n) is 2.26. The van der Waals surface area contributed by atoms with Crippen molar-refractivity contribution >= 4 is 17.3 Å². The van der Waals surface area contributed by atoms with Gasteiger partial charge in [0, 0.05) is 18.3 Å². The van der Waals surface area contributed by atoms with Crippen LogP contribution in [0.4, 0.5) is 30.5 Å². The summed E-state index contributed by atoms with van der Waals surface area (Å²) in [5.41, 5.74) is -0.378. The number of rotatable bonds is 7. The van der Waals surface area contributed by atoms with E-state index in [0.29, 0.717) is 23.1 Å². The van der Waals surface area contributed by atoms with Crippen molar-refractivity contribution in [2.75, 3.05) is 37.8 Å². The third kappa shape index (κ3) is 6.22. The third-order valence-electron chi connectivity index (χ3n) is 3.39. The molecule has 0 aliphatic carbocycles. The van der Waals surface area contributed by atoms with Crippen molar-refractivity contribution in [2.24, 2.45) is 0 Å². The molecule has 0 atom stereocenters. The Morgan fingerprint density at radius 3 is 2.48 bits per heavy atom. The number of anilines is 3. The second-order valence-corrected chi connectivity index (χ2v) is 5.97. The average molecular weight is 353 g/mol. The van der Waals surface area contributed by atoms with Crippen LogP contribution in [0.3, 0.4) is 0 Å². The Kier molecular flexibility index (Phi) is 6.19. The van der Waals surface area contributed by atoms with E-state index in [1.165, 1.54) is 6.07 Å². The zero-order valence-corrected chi connectivity index (χ0v) is 14.5. The molecule has 8 heteroatoms. The summed E-state index contributed by atoms with van der Waals surface area (Å²) >= 11 is 0. The number of hydrogen-bond donors (Lipinski definition) is 2. The number of nitrogens with one attached hydrogen (secondary N) is 2. The second kappa shape index (κ2) is 8.15. The van der Waals surface area contributed by atoms with Crippen LogP contribution in [0, 0.1) is 6.92 Å². The molecular formula is C17H22F3N5. The highest BCUT2D eigenvalue weighted by molar-refractivity contribution is 5.60. The quantitative estimate of drug-likeness (QED) is 0.739. The van der Waals surface area contributed by atoms with Gasteiger partial charge >= 0.3 is 6.18 Å². The molecule has 0 aliphatic rings. The van der Waals surface area contributed by atoms with Crippen molar-refractivity contribution in [2.45, 2.75) is 19.5 Å². The smallest absolute Gasteiger partial charge is 0.370 e. The summed E-state index contributed by atoms with van der Waals surface area (Å²) in [7, 11) is 4.01. The monoisotopic (exact) mass is 353 g/mol. The standard InChI is InChI=1S/C17H22F3N5/c1-12-22-15(21-8-5-9-25(2)3)11-16(23-12)24-14-7-4-6-13(10-14)17(18,19)20/h4,6-7,10-11H,5,8-9H2,1-3H3,(H2,21,22,23,24). The van der Waals surface area contributed by atoms with Gasteiger partial charge in [-0.15, -0.1) is 0 Å². The minimum Gasteiger partial charge on any atom is -0.370 e. The molecule has 0 aliphatic heterocycles. The summed E-state index contributed by atoms with van der Waals surface area (Å²) in [5.74, 6) is 1.62. The van der Waals surface area contributed by atoms with Crippen LogP contribution in [0.1, 0.15) is 17.8 Å². The minimum atomic E-state index is -4.38. The Balaban J connectivity index is 2.07. The fourth-order valence-corrected chi connectivity index (χ4v) is 2.26. The zero-order valence-electron chi connectivity index (χ0n) is 14.5. The van der Waals surface area contributed by atoms with Crippen LogP contribution in [0.25, 0.3) is 0 Å². The molecular weight excluding hydrogens is 331 g/mol. The average Bonchev–Trinajstić information content (AvgIpc) is 2.50. The van der Waals surface area contributed by atoms with Gasteiger partial charge in [-0.05, 0) is 52.2 Å². The first kappa shape index (κ1) is 19.0. The highest BCUT2D eigenvalue weighted by Gasteiger charge is 2.30. The summed E-state index contributed by atoms with van der Waals surface area (Å²) in [6, 6.07) is 6.70. The minimum absolute atomic E-state index is 0.325. The number of alkyl halides is 3. The van der Waals surface area contributed by atoms with Crippen molar-refractivity contribution in [3.8, 4) is 0 Å². The van der Waals surface area contributed by atoms with Crippen molar-refractivity contribution in [1.29, 1.82) is 0 Å². The predicted molar refractivity (Wildman–Crippen MR) is 93.2 cm³/mol. The number of aryl methyl sites for hydroxylation is 1. The van der Waals surface area contributed by atoms with Gasteiger partial charge < -0.3 is 15.5 Å². The van der Waals surface area contributed by atoms with Gasteiger partial charge in [0.05, 0.1) is 5.56 Å². The maximum Gasteiger partial charge on any atom is 0.416 e. The van der Waals surface area contributed by atoms with Gasteiger partial charge in [0.15, 0.2) is 0 Å². The van der Waals surface area contributed by atoms with Crippen LogP contribution in [0.15, 0.2) is 30.3 Å². The first-order valence-electron chi connectivity index (χ1n) is 7.92. The van der Waals surface area contributed by atoms with Crippen molar-refractivity contribution in [1.82, 2.24) is 14.9 Å². The topological polar surface area (TPSA) is 53.1 Å². The summed E-state index contributed by atoms with van der Waals surface area (Å²) in [6.45, 7) is 3.44. The molecule has 1 aromatic heterocycles. The van der Waals surface area contributed by atoms with Gasteiger partial charge in [-0.2, -0.15) is 13.2 Å². The summed E-state index contributed by atoms with van der Waals surface area (Å²) < 4.78 is 38.4. The van der Waals surface area contributed by atoms with E-state index in [1.54, 1.807) is 19.1 Å². The highest BCUT2D eigenvalue weighted by Crippen LogP contribution is 2.31. The van der Waals surface area contributed by atoms with E-state index < -0.39 is 11.7 Å². The van der Waals surface area contributed by atoms with E-state index in [9.17, 15) is 13.2 Å². The number of nitrogens with zero attached hydrogens (tertiary/aromatic N) is 3. The molecule has 0 radical (unpaired) electrons. The molecule has 0 spiro atoms. The fraction of sp³-hybridized carbons (Fsp3) is 0.412. The van der Waals surface area contributed by atoms with E-state index in [0.717, 1.165) is 31.6 Å². The molecule has 5 nitrogen and oxygen atoms in total. The first-order chi connectivity index (χ1) is 11.7. The summed E-state index contributed by atoms with van der Waals surface area (Å²) in [4.78, 5) is 10.6. The van der Waals surface area contributed by atoms with Crippen LogP contribution < -0.4 is 10.6 Å². The SMILES string of the molecule is Cc1nc(NCCCN(C)C)cc(Nc2cccc(C(F)(F)F)c2)n1. The molecule has 0 saturated carbocycles. The van der Waals surface area contributed by atoms with Crippen LogP contribution in [0.2, 0.25) is 0 Å². The van der Waals surface area contributed by atoms with Crippen molar-refractivity contribution in [3.05, 3.63) is 41.7 Å². The van der Waals surface area contributed by atoms with Gasteiger partial charge in [0.25, 0.3) is 0 Å². The van der Waals surface area contributed by atoms with Gasteiger partial charge in [-0.1, -0.05) is 6.07 Å². The Morgan fingerprint density at radius 2 is 1.80 bits per heavy atom. The number of halogens is 3. The van der Waals surface area contributed by atoms with Crippen LogP contribution in [-0.2, 0) is 6.18 Å². The van der Waals surface area contributed by atoms with Crippen molar-refractivity contribution in [3.63, 3.8) is 0 Å². The Labute approximate surface area is 145 Å². The highest BCUT2D eigenvalue weighted by atomic mass is 19.4. The van der Waals surface area contributed by atoms with Gasteiger partial charge in [-0.25, -0.2) is 9.97 Å². The summed E-state index contributed by atoms with van der Waals surface area (Å²) in [6.07, 6.45) is -3.43. The Bertz CT molecular complexity index is 701. The lowest BCUT2D eigenvalue weighted by molar-refractivity contribution is -0.137. The maximum absolute atomic E-state index is 12.8. The molecule has 0 fully saturated rings. The molecule has 0 amide bonds. The van der Waals surface area contributed by atoms with Gasteiger partial charge in [0.2, 0.25) is 0 Å². The van der Waals surface area contributed by atoms with E-state index in [1.807, 2.05) is 14.1 Å². The molecule has 1 aromatic carbocycles. The number of benzene rings is 1. The lowest BCUT2D eigenvalue weighted by atomic mass is 10.2. The predicted octanol–water partition coefficient (Wildman–Crippen LogP) is 3.91. The molecule has 136 valence electrons. The molecule has 2 aromatic rings. The van der Waals surface area contributed by atoms with Gasteiger partial charge in [0.1, 0.15) is 17.5 Å². The molecule has 0 saturated heterocycles. The van der Waals surface area contributed by atoms with Crippen LogP contribution in [0.5, 0.6) is 0 Å². The Hall–Kier alpha value is -2.35. The van der Waals surface area contributed by atoms with Crippen LogP contribution in [-0.4, -0.2) is 42.1 Å². The van der Waals surface area contributed by atoms with Crippen molar-refractivity contribution < 1.29 is 13.2 Å². The number of aromatic nitrogens is 2. The lowest BCUT2D eigenvalue weighted by Crippen LogP contribution is -2.16. The van der Waals surface area contributed by atoms with E-state index in [4.69, 9.17) is 0 Å². The molecule has 0 unspecified atom stereocenters. The van der Waals surface area contributed by atoms with E-state index in [2.05, 4.69) is 25.5 Å². The largest absolute Gasteiger partial charge is 0.416 e. The third-order valence-corrected chi connectivity index (χ3v) is 3.39. The Morgan fingerprint density at radius 1 is 1.08 bits per heavy atom. The van der Waals surface area contributed by atoms with E-state index >= 15 is 0 Å².